The monoisotopic (exact) mass is 387 g/mol. The standard InChI is InChI=1S/C17H11F6N3O/c18-16(19,20)10-26(9-11-1-4-13(25-27)5-2-11)14-6-3-12(8-24)15(7-14)17(21,22)23/h1-7H,9-10H2. The minimum atomic E-state index is -4.89. The van der Waals surface area contributed by atoms with Gasteiger partial charge in [-0.3, -0.25) is 0 Å². The van der Waals surface area contributed by atoms with E-state index in [1.807, 2.05) is 0 Å². The summed E-state index contributed by atoms with van der Waals surface area (Å²) in [7, 11) is 0. The summed E-state index contributed by atoms with van der Waals surface area (Å²) < 4.78 is 78.0. The van der Waals surface area contributed by atoms with Gasteiger partial charge in [0, 0.05) is 12.2 Å². The third-order valence-corrected chi connectivity index (χ3v) is 3.58. The van der Waals surface area contributed by atoms with E-state index < -0.39 is 30.0 Å². The van der Waals surface area contributed by atoms with E-state index in [9.17, 15) is 31.2 Å². The predicted octanol–water partition coefficient (Wildman–Crippen LogP) is 5.54. The van der Waals surface area contributed by atoms with Gasteiger partial charge in [-0.25, -0.2) is 0 Å². The van der Waals surface area contributed by atoms with Gasteiger partial charge in [0.2, 0.25) is 0 Å². The van der Waals surface area contributed by atoms with E-state index in [4.69, 9.17) is 5.26 Å². The lowest BCUT2D eigenvalue weighted by Crippen LogP contribution is -2.34. The van der Waals surface area contributed by atoms with Crippen LogP contribution in [0.4, 0.5) is 37.7 Å². The summed E-state index contributed by atoms with van der Waals surface area (Å²) in [4.78, 5) is 11.1. The van der Waals surface area contributed by atoms with Crippen molar-refractivity contribution in [2.75, 3.05) is 11.4 Å². The first kappa shape index (κ1) is 20.2. The molecular weight excluding hydrogens is 376 g/mol. The van der Waals surface area contributed by atoms with E-state index in [1.54, 1.807) is 0 Å². The average molecular weight is 387 g/mol. The SMILES string of the molecule is N#Cc1ccc(N(Cc2ccc(N=O)cc2)CC(F)(F)F)cc1C(F)(F)F. The summed E-state index contributed by atoms with van der Waals surface area (Å²) in [5, 5.41) is 11.5. The fourth-order valence-electron chi connectivity index (χ4n) is 2.40. The molecule has 27 heavy (non-hydrogen) atoms. The Balaban J connectivity index is 2.44. The van der Waals surface area contributed by atoms with Crippen molar-refractivity contribution >= 4 is 11.4 Å². The maximum absolute atomic E-state index is 13.1. The van der Waals surface area contributed by atoms with Crippen LogP contribution in [0.2, 0.25) is 0 Å². The molecule has 0 radical (unpaired) electrons. The fraction of sp³-hybridized carbons (Fsp3) is 0.235. The van der Waals surface area contributed by atoms with E-state index in [-0.39, 0.29) is 17.9 Å². The highest BCUT2D eigenvalue weighted by atomic mass is 19.4. The number of rotatable bonds is 5. The Morgan fingerprint density at radius 3 is 2.11 bits per heavy atom. The maximum Gasteiger partial charge on any atom is 0.417 e. The highest BCUT2D eigenvalue weighted by molar-refractivity contribution is 5.55. The molecule has 2 rings (SSSR count). The van der Waals surface area contributed by atoms with Crippen molar-refractivity contribution in [3.8, 4) is 6.07 Å². The lowest BCUT2D eigenvalue weighted by molar-refractivity contribution is -0.137. The number of hydrogen-bond acceptors (Lipinski definition) is 4. The summed E-state index contributed by atoms with van der Waals surface area (Å²) in [6.07, 6.45) is -9.56. The van der Waals surface area contributed by atoms with E-state index in [0.717, 1.165) is 12.1 Å². The van der Waals surface area contributed by atoms with Gasteiger partial charge in [-0.15, -0.1) is 4.91 Å². The van der Waals surface area contributed by atoms with E-state index >= 15 is 0 Å². The fourth-order valence-corrected chi connectivity index (χ4v) is 2.40. The molecule has 0 saturated heterocycles. The number of alkyl halides is 6. The van der Waals surface area contributed by atoms with Crippen LogP contribution in [-0.4, -0.2) is 12.7 Å². The van der Waals surface area contributed by atoms with Crippen LogP contribution in [0.25, 0.3) is 0 Å². The number of halogens is 6. The average Bonchev–Trinajstić information content (AvgIpc) is 2.59. The lowest BCUT2D eigenvalue weighted by atomic mass is 10.1. The zero-order chi connectivity index (χ0) is 20.2. The van der Waals surface area contributed by atoms with Gasteiger partial charge in [-0.2, -0.15) is 31.6 Å². The molecule has 142 valence electrons. The minimum Gasteiger partial charge on any atom is -0.358 e. The summed E-state index contributed by atoms with van der Waals surface area (Å²) in [6.45, 7) is -1.86. The van der Waals surface area contributed by atoms with Crippen LogP contribution in [0, 0.1) is 16.2 Å². The second-order valence-electron chi connectivity index (χ2n) is 5.57. The first-order valence-electron chi connectivity index (χ1n) is 7.39. The zero-order valence-electron chi connectivity index (χ0n) is 13.5. The first-order chi connectivity index (χ1) is 12.5. The summed E-state index contributed by atoms with van der Waals surface area (Å²) in [5.41, 5.74) is -1.92. The Bertz CT molecular complexity index is 853. The Hall–Kier alpha value is -3.09. The molecular formula is C17H11F6N3O. The Morgan fingerprint density at radius 2 is 1.63 bits per heavy atom. The number of anilines is 1. The molecule has 0 bridgehead atoms. The molecule has 0 spiro atoms. The molecule has 0 atom stereocenters. The molecule has 0 fully saturated rings. The normalized spacial score (nSPS) is 11.7. The lowest BCUT2D eigenvalue weighted by Gasteiger charge is -2.27. The van der Waals surface area contributed by atoms with Gasteiger partial charge >= 0.3 is 12.4 Å². The van der Waals surface area contributed by atoms with Gasteiger partial charge in [0.05, 0.1) is 17.2 Å². The Morgan fingerprint density at radius 1 is 1.00 bits per heavy atom. The second kappa shape index (κ2) is 7.65. The number of nitrogens with zero attached hydrogens (tertiary/aromatic N) is 3. The molecule has 4 nitrogen and oxygen atoms in total. The van der Waals surface area contributed by atoms with Gasteiger partial charge in [0.1, 0.15) is 12.2 Å². The van der Waals surface area contributed by atoms with Gasteiger partial charge < -0.3 is 4.90 Å². The van der Waals surface area contributed by atoms with Gasteiger partial charge in [-0.05, 0) is 41.1 Å². The number of nitroso groups, excluding NO2 is 1. The van der Waals surface area contributed by atoms with Crippen molar-refractivity contribution in [1.82, 2.24) is 0 Å². The first-order valence-corrected chi connectivity index (χ1v) is 7.39. The highest BCUT2D eigenvalue weighted by Crippen LogP contribution is 2.35. The van der Waals surface area contributed by atoms with Crippen LogP contribution in [0.3, 0.4) is 0 Å². The molecule has 0 aliphatic heterocycles. The van der Waals surface area contributed by atoms with Gasteiger partial charge in [0.15, 0.2) is 0 Å². The number of hydrogen-bond donors (Lipinski definition) is 0. The molecule has 10 heteroatoms. The van der Waals surface area contributed by atoms with Crippen molar-refractivity contribution < 1.29 is 26.3 Å². The summed E-state index contributed by atoms with van der Waals surface area (Å²) in [5.74, 6) is 0. The molecule has 0 heterocycles. The van der Waals surface area contributed by atoms with Gasteiger partial charge in [-0.1, -0.05) is 12.1 Å². The molecule has 0 N–H and O–H groups in total. The number of nitriles is 1. The van der Waals surface area contributed by atoms with Crippen LogP contribution >= 0.6 is 0 Å². The van der Waals surface area contributed by atoms with Crippen molar-refractivity contribution in [1.29, 1.82) is 5.26 Å². The van der Waals surface area contributed by atoms with Crippen molar-refractivity contribution in [3.63, 3.8) is 0 Å². The second-order valence-corrected chi connectivity index (χ2v) is 5.57. The van der Waals surface area contributed by atoms with Gasteiger partial charge in [0.25, 0.3) is 0 Å². The molecule has 0 aliphatic rings. The number of benzene rings is 2. The molecule has 0 amide bonds. The topological polar surface area (TPSA) is 56.5 Å². The molecule has 0 saturated carbocycles. The summed E-state index contributed by atoms with van der Waals surface area (Å²) >= 11 is 0. The maximum atomic E-state index is 13.1. The third kappa shape index (κ3) is 5.44. The van der Waals surface area contributed by atoms with Crippen LogP contribution in [0.15, 0.2) is 47.6 Å². The van der Waals surface area contributed by atoms with Crippen LogP contribution < -0.4 is 4.90 Å². The van der Waals surface area contributed by atoms with Crippen LogP contribution in [-0.2, 0) is 12.7 Å². The Labute approximate surface area is 149 Å². The minimum absolute atomic E-state index is 0.0684. The largest absolute Gasteiger partial charge is 0.417 e. The summed E-state index contributed by atoms with van der Waals surface area (Å²) in [6, 6.07) is 9.04. The quantitative estimate of drug-likeness (QED) is 0.500. The Kier molecular flexibility index (Phi) is 5.73. The van der Waals surface area contributed by atoms with Crippen LogP contribution in [0.1, 0.15) is 16.7 Å². The highest BCUT2D eigenvalue weighted by Gasteiger charge is 2.36. The smallest absolute Gasteiger partial charge is 0.358 e. The molecule has 2 aromatic rings. The van der Waals surface area contributed by atoms with E-state index in [0.29, 0.717) is 16.5 Å². The van der Waals surface area contributed by atoms with E-state index in [1.165, 1.54) is 30.3 Å². The van der Waals surface area contributed by atoms with Crippen molar-refractivity contribution in [2.45, 2.75) is 18.9 Å². The molecule has 0 aromatic heterocycles. The van der Waals surface area contributed by atoms with Crippen LogP contribution in [0.5, 0.6) is 0 Å². The zero-order valence-corrected chi connectivity index (χ0v) is 13.5. The molecule has 0 unspecified atom stereocenters. The molecule has 2 aromatic carbocycles. The predicted molar refractivity (Wildman–Crippen MR) is 85.2 cm³/mol. The van der Waals surface area contributed by atoms with E-state index in [2.05, 4.69) is 5.18 Å². The molecule has 0 aliphatic carbocycles. The van der Waals surface area contributed by atoms with Crippen molar-refractivity contribution in [2.24, 2.45) is 5.18 Å². The van der Waals surface area contributed by atoms with Crippen molar-refractivity contribution in [3.05, 3.63) is 64.1 Å². The third-order valence-electron chi connectivity index (χ3n) is 3.58.